The van der Waals surface area contributed by atoms with Crippen LogP contribution in [0.5, 0.6) is 0 Å². The Labute approximate surface area is 214 Å². The van der Waals surface area contributed by atoms with Crippen molar-refractivity contribution in [2.75, 3.05) is 32.8 Å². The molecule has 1 aliphatic rings. The third kappa shape index (κ3) is 4.05. The van der Waals surface area contributed by atoms with Crippen molar-refractivity contribution < 1.29 is 13.7 Å². The van der Waals surface area contributed by atoms with Crippen molar-refractivity contribution in [2.24, 2.45) is 0 Å². The maximum Gasteiger partial charge on any atom is 0.279 e. The molecule has 0 N–H and O–H groups in total. The molecular weight excluding hydrogens is 501 g/mol. The first-order valence-electron chi connectivity index (χ1n) is 11.6. The van der Waals surface area contributed by atoms with Crippen LogP contribution in [0.25, 0.3) is 39.5 Å². The molecule has 0 unspecified atom stereocenters. The standard InChI is InChI=1S/C25H19ClFN7O3/c26-18-5-6-19-21(17(18)13-28)33(8-7-32-9-11-36-12-10-32)25(35)22-20(29-14-34(19)22)24-30-23(31-37-24)15-1-3-16(27)4-2-15/h1-6,14H,7-12H2. The molecule has 4 heterocycles. The van der Waals surface area contributed by atoms with Crippen molar-refractivity contribution in [3.8, 4) is 29.0 Å². The van der Waals surface area contributed by atoms with Gasteiger partial charge in [-0.2, -0.15) is 10.2 Å². The molecule has 0 bridgehead atoms. The second kappa shape index (κ2) is 9.40. The molecule has 1 saturated heterocycles. The van der Waals surface area contributed by atoms with E-state index in [0.717, 1.165) is 13.1 Å². The van der Waals surface area contributed by atoms with Crippen LogP contribution in [-0.2, 0) is 11.3 Å². The average molecular weight is 520 g/mol. The lowest BCUT2D eigenvalue weighted by molar-refractivity contribution is 0.0364. The molecule has 0 amide bonds. The van der Waals surface area contributed by atoms with Gasteiger partial charge in [-0.15, -0.1) is 0 Å². The SMILES string of the molecule is N#Cc1c(Cl)ccc2c1n(CCN1CCOCC1)c(=O)c1c(-c3nc(-c4ccc(F)cc4)no3)ncn12. The zero-order chi connectivity index (χ0) is 25.5. The summed E-state index contributed by atoms with van der Waals surface area (Å²) in [5.41, 5.74) is 1.87. The second-order valence-electron chi connectivity index (χ2n) is 8.55. The Morgan fingerprint density at radius 2 is 1.86 bits per heavy atom. The fraction of sp³-hybridized carbons (Fsp3) is 0.240. The summed E-state index contributed by atoms with van der Waals surface area (Å²) < 4.78 is 27.4. The largest absolute Gasteiger partial charge is 0.379 e. The first kappa shape index (κ1) is 23.3. The fourth-order valence-electron chi connectivity index (χ4n) is 4.57. The predicted molar refractivity (Wildman–Crippen MR) is 133 cm³/mol. The van der Waals surface area contributed by atoms with Gasteiger partial charge in [0.2, 0.25) is 5.82 Å². The third-order valence-electron chi connectivity index (χ3n) is 6.44. The highest BCUT2D eigenvalue weighted by Crippen LogP contribution is 2.29. The van der Waals surface area contributed by atoms with Crippen LogP contribution in [0.4, 0.5) is 4.39 Å². The summed E-state index contributed by atoms with van der Waals surface area (Å²) in [5.74, 6) is -0.0930. The first-order valence-corrected chi connectivity index (χ1v) is 11.9. The molecular formula is C25H19ClFN7O3. The molecule has 0 saturated carbocycles. The fourth-order valence-corrected chi connectivity index (χ4v) is 4.76. The second-order valence-corrected chi connectivity index (χ2v) is 8.96. The van der Waals surface area contributed by atoms with Crippen molar-refractivity contribution in [1.29, 1.82) is 5.26 Å². The summed E-state index contributed by atoms with van der Waals surface area (Å²) in [6.07, 6.45) is 1.48. The van der Waals surface area contributed by atoms with Crippen LogP contribution in [0.2, 0.25) is 5.02 Å². The zero-order valence-electron chi connectivity index (χ0n) is 19.4. The highest BCUT2D eigenvalue weighted by Gasteiger charge is 2.24. The molecule has 0 aliphatic carbocycles. The van der Waals surface area contributed by atoms with E-state index in [-0.39, 0.29) is 44.9 Å². The van der Waals surface area contributed by atoms with Crippen LogP contribution in [0, 0.1) is 17.1 Å². The summed E-state index contributed by atoms with van der Waals surface area (Å²) in [4.78, 5) is 25.0. The van der Waals surface area contributed by atoms with E-state index in [1.54, 1.807) is 21.1 Å². The Morgan fingerprint density at radius 3 is 2.62 bits per heavy atom. The summed E-state index contributed by atoms with van der Waals surface area (Å²) in [6.45, 7) is 3.69. The van der Waals surface area contributed by atoms with E-state index in [0.29, 0.717) is 42.9 Å². The average Bonchev–Trinajstić information content (AvgIpc) is 3.58. The molecule has 6 rings (SSSR count). The molecule has 12 heteroatoms. The van der Waals surface area contributed by atoms with Crippen LogP contribution >= 0.6 is 11.6 Å². The van der Waals surface area contributed by atoms with Gasteiger partial charge in [0.1, 0.15) is 23.7 Å². The van der Waals surface area contributed by atoms with Crippen molar-refractivity contribution in [3.63, 3.8) is 0 Å². The molecule has 3 aromatic heterocycles. The van der Waals surface area contributed by atoms with Gasteiger partial charge in [0.05, 0.1) is 34.8 Å². The number of nitrogens with zero attached hydrogens (tertiary/aromatic N) is 7. The number of morpholine rings is 1. The van der Waals surface area contributed by atoms with Crippen molar-refractivity contribution in [3.05, 3.63) is 69.5 Å². The molecule has 5 aromatic rings. The zero-order valence-corrected chi connectivity index (χ0v) is 20.2. The van der Waals surface area contributed by atoms with Gasteiger partial charge in [-0.3, -0.25) is 14.1 Å². The van der Waals surface area contributed by atoms with Gasteiger partial charge in [0, 0.05) is 31.7 Å². The number of hydrogen-bond acceptors (Lipinski definition) is 8. The molecule has 0 radical (unpaired) electrons. The molecule has 1 aliphatic heterocycles. The van der Waals surface area contributed by atoms with Gasteiger partial charge in [-0.25, -0.2) is 9.37 Å². The summed E-state index contributed by atoms with van der Waals surface area (Å²) in [7, 11) is 0. The predicted octanol–water partition coefficient (Wildman–Crippen LogP) is 3.36. The van der Waals surface area contributed by atoms with Crippen LogP contribution in [0.1, 0.15) is 5.56 Å². The van der Waals surface area contributed by atoms with Gasteiger partial charge in [-0.05, 0) is 36.4 Å². The van der Waals surface area contributed by atoms with E-state index in [9.17, 15) is 14.4 Å². The third-order valence-corrected chi connectivity index (χ3v) is 6.75. The van der Waals surface area contributed by atoms with Gasteiger partial charge < -0.3 is 13.8 Å². The highest BCUT2D eigenvalue weighted by molar-refractivity contribution is 6.32. The number of ether oxygens (including phenoxy) is 1. The maximum atomic E-state index is 13.9. The summed E-state index contributed by atoms with van der Waals surface area (Å²) >= 11 is 6.35. The number of imidazole rings is 1. The Hall–Kier alpha value is -4.11. The number of hydrogen-bond donors (Lipinski definition) is 0. The minimum Gasteiger partial charge on any atom is -0.379 e. The molecule has 10 nitrogen and oxygen atoms in total. The first-order chi connectivity index (χ1) is 18.0. The number of rotatable bonds is 5. The van der Waals surface area contributed by atoms with Crippen LogP contribution in [-0.4, -0.2) is 61.8 Å². The van der Waals surface area contributed by atoms with Gasteiger partial charge >= 0.3 is 0 Å². The van der Waals surface area contributed by atoms with E-state index >= 15 is 0 Å². The number of aromatic nitrogens is 5. The molecule has 2 aromatic carbocycles. The number of benzene rings is 2. The molecule has 186 valence electrons. The minimum atomic E-state index is -0.381. The highest BCUT2D eigenvalue weighted by atomic mass is 35.5. The molecule has 0 atom stereocenters. The lowest BCUT2D eigenvalue weighted by atomic mass is 10.1. The number of nitriles is 1. The minimum absolute atomic E-state index is 0.0486. The topological polar surface area (TPSA) is 114 Å². The lowest BCUT2D eigenvalue weighted by Crippen LogP contribution is -2.39. The number of halogens is 2. The van der Waals surface area contributed by atoms with E-state index in [4.69, 9.17) is 20.9 Å². The molecule has 0 spiro atoms. The van der Waals surface area contributed by atoms with Crippen molar-refractivity contribution in [2.45, 2.75) is 6.54 Å². The quantitative estimate of drug-likeness (QED) is 0.347. The van der Waals surface area contributed by atoms with Gasteiger partial charge in [-0.1, -0.05) is 16.8 Å². The monoisotopic (exact) mass is 519 g/mol. The smallest absolute Gasteiger partial charge is 0.279 e. The van der Waals surface area contributed by atoms with Crippen LogP contribution in [0.3, 0.4) is 0 Å². The van der Waals surface area contributed by atoms with Crippen LogP contribution < -0.4 is 5.56 Å². The van der Waals surface area contributed by atoms with E-state index < -0.39 is 0 Å². The van der Waals surface area contributed by atoms with Gasteiger partial charge in [0.25, 0.3) is 11.4 Å². The van der Waals surface area contributed by atoms with Crippen LogP contribution in [0.15, 0.2) is 52.0 Å². The maximum absolute atomic E-state index is 13.9. The van der Waals surface area contributed by atoms with Gasteiger partial charge in [0.15, 0.2) is 5.69 Å². The Bertz CT molecular complexity index is 1730. The molecule has 1 fully saturated rings. The summed E-state index contributed by atoms with van der Waals surface area (Å²) in [5, 5.41) is 14.1. The Morgan fingerprint density at radius 1 is 1.08 bits per heavy atom. The van der Waals surface area contributed by atoms with E-state index in [1.807, 2.05) is 0 Å². The Kier molecular flexibility index (Phi) is 5.92. The van der Waals surface area contributed by atoms with E-state index in [1.165, 1.54) is 30.6 Å². The molecule has 37 heavy (non-hydrogen) atoms. The summed E-state index contributed by atoms with van der Waals surface area (Å²) in [6, 6.07) is 11.2. The Balaban J connectivity index is 1.52. The number of fused-ring (bicyclic) bond motifs is 3. The normalized spacial score (nSPS) is 14.4. The van der Waals surface area contributed by atoms with E-state index in [2.05, 4.69) is 26.1 Å². The van der Waals surface area contributed by atoms with Crippen molar-refractivity contribution >= 4 is 28.2 Å². The lowest BCUT2D eigenvalue weighted by Gasteiger charge is -2.27. The van der Waals surface area contributed by atoms with Crippen molar-refractivity contribution in [1.82, 2.24) is 29.0 Å².